The van der Waals surface area contributed by atoms with Crippen molar-refractivity contribution < 1.29 is 4.74 Å². The number of nitrogens with zero attached hydrogens (tertiary/aromatic N) is 1. The number of thiazole rings is 1. The molecule has 0 radical (unpaired) electrons. The summed E-state index contributed by atoms with van der Waals surface area (Å²) in [6.07, 6.45) is 2.08. The Kier molecular flexibility index (Phi) is 4.20. The summed E-state index contributed by atoms with van der Waals surface area (Å²) < 4.78 is 5.15. The van der Waals surface area contributed by atoms with E-state index < -0.39 is 0 Å². The number of benzene rings is 1. The smallest absolute Gasteiger partial charge is 0.182 e. The molecule has 0 spiro atoms. The maximum atomic E-state index is 5.15. The van der Waals surface area contributed by atoms with Gasteiger partial charge in [-0.2, -0.15) is 0 Å². The summed E-state index contributed by atoms with van der Waals surface area (Å²) in [6.45, 7) is 2.07. The van der Waals surface area contributed by atoms with Gasteiger partial charge in [-0.3, -0.25) is 0 Å². The van der Waals surface area contributed by atoms with Gasteiger partial charge in [0, 0.05) is 11.9 Å². The molecule has 0 aliphatic heterocycles. The van der Waals surface area contributed by atoms with E-state index in [1.165, 1.54) is 10.4 Å². The predicted octanol–water partition coefficient (Wildman–Crippen LogP) is 3.29. The van der Waals surface area contributed by atoms with Gasteiger partial charge in [0.2, 0.25) is 0 Å². The zero-order chi connectivity index (χ0) is 13.0. The number of aryl methyl sites for hydroxylation is 3. The molecule has 0 amide bonds. The maximum Gasteiger partial charge on any atom is 0.182 e. The SMILES string of the molecule is CNc1nc(C)c(CCc2ccc(OC)cc2)s1. The van der Waals surface area contributed by atoms with Crippen LogP contribution in [0.5, 0.6) is 5.75 Å². The van der Waals surface area contributed by atoms with E-state index >= 15 is 0 Å². The van der Waals surface area contributed by atoms with Crippen LogP contribution in [0.25, 0.3) is 0 Å². The zero-order valence-electron chi connectivity index (χ0n) is 11.0. The molecule has 0 bridgehead atoms. The normalized spacial score (nSPS) is 10.4. The average molecular weight is 262 g/mol. The number of ether oxygens (including phenoxy) is 1. The third-order valence-electron chi connectivity index (χ3n) is 2.91. The summed E-state index contributed by atoms with van der Waals surface area (Å²) in [5.74, 6) is 0.908. The van der Waals surface area contributed by atoms with Gasteiger partial charge < -0.3 is 10.1 Å². The first kappa shape index (κ1) is 12.9. The van der Waals surface area contributed by atoms with Gasteiger partial charge in [-0.05, 0) is 37.5 Å². The molecule has 0 saturated heterocycles. The predicted molar refractivity (Wildman–Crippen MR) is 76.8 cm³/mol. The highest BCUT2D eigenvalue weighted by Gasteiger charge is 2.06. The number of methoxy groups -OCH3 is 1. The van der Waals surface area contributed by atoms with E-state index in [4.69, 9.17) is 4.74 Å². The van der Waals surface area contributed by atoms with Gasteiger partial charge in [-0.25, -0.2) is 4.98 Å². The number of anilines is 1. The van der Waals surface area contributed by atoms with Gasteiger partial charge in [-0.1, -0.05) is 12.1 Å². The Morgan fingerprint density at radius 1 is 1.22 bits per heavy atom. The van der Waals surface area contributed by atoms with Crippen molar-refractivity contribution in [1.82, 2.24) is 4.98 Å². The Bertz CT molecular complexity index is 505. The molecule has 0 aliphatic rings. The molecule has 1 aromatic heterocycles. The fraction of sp³-hybridized carbons (Fsp3) is 0.357. The van der Waals surface area contributed by atoms with Crippen LogP contribution >= 0.6 is 11.3 Å². The monoisotopic (exact) mass is 262 g/mol. The van der Waals surface area contributed by atoms with E-state index in [1.807, 2.05) is 19.2 Å². The molecule has 2 aromatic rings. The molecule has 96 valence electrons. The highest BCUT2D eigenvalue weighted by Crippen LogP contribution is 2.23. The van der Waals surface area contributed by atoms with Crippen LogP contribution < -0.4 is 10.1 Å². The molecule has 0 unspecified atom stereocenters. The topological polar surface area (TPSA) is 34.2 Å². The largest absolute Gasteiger partial charge is 0.497 e. The van der Waals surface area contributed by atoms with Crippen molar-refractivity contribution in [2.24, 2.45) is 0 Å². The highest BCUT2D eigenvalue weighted by molar-refractivity contribution is 7.15. The highest BCUT2D eigenvalue weighted by atomic mass is 32.1. The molecule has 4 heteroatoms. The maximum absolute atomic E-state index is 5.15. The van der Waals surface area contributed by atoms with Crippen LogP contribution in [-0.4, -0.2) is 19.1 Å². The van der Waals surface area contributed by atoms with Crippen molar-refractivity contribution in [1.29, 1.82) is 0 Å². The lowest BCUT2D eigenvalue weighted by Crippen LogP contribution is -1.91. The second-order valence-corrected chi connectivity index (χ2v) is 5.21. The third kappa shape index (κ3) is 3.01. The zero-order valence-corrected chi connectivity index (χ0v) is 11.8. The van der Waals surface area contributed by atoms with Crippen molar-refractivity contribution in [2.45, 2.75) is 19.8 Å². The molecule has 1 heterocycles. The van der Waals surface area contributed by atoms with Crippen molar-refractivity contribution in [2.75, 3.05) is 19.5 Å². The molecule has 0 aliphatic carbocycles. The number of nitrogens with one attached hydrogen (secondary N) is 1. The number of aromatic nitrogens is 1. The molecule has 1 N–H and O–H groups in total. The summed E-state index contributed by atoms with van der Waals surface area (Å²) in [5.41, 5.74) is 2.47. The minimum absolute atomic E-state index is 0.908. The fourth-order valence-corrected chi connectivity index (χ4v) is 2.73. The minimum atomic E-state index is 0.908. The number of hydrogen-bond donors (Lipinski definition) is 1. The second kappa shape index (κ2) is 5.87. The van der Waals surface area contributed by atoms with Gasteiger partial charge in [0.1, 0.15) is 5.75 Å². The fourth-order valence-electron chi connectivity index (χ4n) is 1.82. The lowest BCUT2D eigenvalue weighted by molar-refractivity contribution is 0.414. The molecular weight excluding hydrogens is 244 g/mol. The van der Waals surface area contributed by atoms with Crippen LogP contribution in [-0.2, 0) is 12.8 Å². The molecule has 18 heavy (non-hydrogen) atoms. The second-order valence-electron chi connectivity index (χ2n) is 4.13. The summed E-state index contributed by atoms with van der Waals surface area (Å²) >= 11 is 1.74. The summed E-state index contributed by atoms with van der Waals surface area (Å²) in [5, 5.41) is 4.09. The number of rotatable bonds is 5. The Balaban J connectivity index is 1.99. The summed E-state index contributed by atoms with van der Waals surface area (Å²) in [6, 6.07) is 8.25. The summed E-state index contributed by atoms with van der Waals surface area (Å²) in [4.78, 5) is 5.81. The Labute approximate surface area is 112 Å². The quantitative estimate of drug-likeness (QED) is 0.898. The van der Waals surface area contributed by atoms with Gasteiger partial charge >= 0.3 is 0 Å². The van der Waals surface area contributed by atoms with Crippen molar-refractivity contribution in [3.63, 3.8) is 0 Å². The van der Waals surface area contributed by atoms with Crippen molar-refractivity contribution in [3.8, 4) is 5.75 Å². The first-order valence-corrected chi connectivity index (χ1v) is 6.81. The molecule has 3 nitrogen and oxygen atoms in total. The molecule has 1 aromatic carbocycles. The Morgan fingerprint density at radius 2 is 1.94 bits per heavy atom. The van der Waals surface area contributed by atoms with Crippen molar-refractivity contribution in [3.05, 3.63) is 40.4 Å². The van der Waals surface area contributed by atoms with Crippen LogP contribution in [0.4, 0.5) is 5.13 Å². The average Bonchev–Trinajstić information content (AvgIpc) is 2.77. The Hall–Kier alpha value is -1.55. The molecule has 2 rings (SSSR count). The number of hydrogen-bond acceptors (Lipinski definition) is 4. The third-order valence-corrected chi connectivity index (χ3v) is 4.14. The van der Waals surface area contributed by atoms with E-state index in [-0.39, 0.29) is 0 Å². The van der Waals surface area contributed by atoms with Gasteiger partial charge in [-0.15, -0.1) is 11.3 Å². The minimum Gasteiger partial charge on any atom is -0.497 e. The lowest BCUT2D eigenvalue weighted by Gasteiger charge is -2.03. The van der Waals surface area contributed by atoms with Gasteiger partial charge in [0.25, 0.3) is 0 Å². The summed E-state index contributed by atoms with van der Waals surface area (Å²) in [7, 11) is 3.60. The van der Waals surface area contributed by atoms with Crippen LogP contribution in [0.2, 0.25) is 0 Å². The lowest BCUT2D eigenvalue weighted by atomic mass is 10.1. The molecular formula is C14H18N2OS. The first-order chi connectivity index (χ1) is 8.72. The standard InChI is InChI=1S/C14H18N2OS/c1-10-13(18-14(15-2)16-10)9-6-11-4-7-12(17-3)8-5-11/h4-5,7-8H,6,9H2,1-3H3,(H,15,16). The van der Waals surface area contributed by atoms with E-state index in [9.17, 15) is 0 Å². The van der Waals surface area contributed by atoms with E-state index in [0.717, 1.165) is 29.4 Å². The van der Waals surface area contributed by atoms with Crippen LogP contribution in [0.1, 0.15) is 16.1 Å². The van der Waals surface area contributed by atoms with E-state index in [0.29, 0.717) is 0 Å². The van der Waals surface area contributed by atoms with E-state index in [1.54, 1.807) is 18.4 Å². The Morgan fingerprint density at radius 3 is 2.50 bits per heavy atom. The van der Waals surface area contributed by atoms with Gasteiger partial charge in [0.15, 0.2) is 5.13 Å². The van der Waals surface area contributed by atoms with Crippen LogP contribution in [0.3, 0.4) is 0 Å². The van der Waals surface area contributed by atoms with Crippen molar-refractivity contribution >= 4 is 16.5 Å². The van der Waals surface area contributed by atoms with Gasteiger partial charge in [0.05, 0.1) is 12.8 Å². The van der Waals surface area contributed by atoms with E-state index in [2.05, 4.69) is 29.4 Å². The van der Waals surface area contributed by atoms with Crippen LogP contribution in [0.15, 0.2) is 24.3 Å². The molecule has 0 atom stereocenters. The van der Waals surface area contributed by atoms with Crippen LogP contribution in [0, 0.1) is 6.92 Å². The molecule has 0 fully saturated rings. The first-order valence-electron chi connectivity index (χ1n) is 6.00. The molecule has 0 saturated carbocycles.